The summed E-state index contributed by atoms with van der Waals surface area (Å²) in [5.74, 6) is 0. The van der Waals surface area contributed by atoms with E-state index >= 15 is 0 Å². The lowest BCUT2D eigenvalue weighted by Gasteiger charge is -2.00. The monoisotopic (exact) mass is 309 g/mol. The second-order valence-electron chi connectivity index (χ2n) is 5.41. The Balaban J connectivity index is 2.66. The van der Waals surface area contributed by atoms with Crippen molar-refractivity contribution in [2.75, 3.05) is 12.5 Å². The first-order valence-corrected chi connectivity index (χ1v) is 6.95. The molecule has 23 heavy (non-hydrogen) atoms. The van der Waals surface area contributed by atoms with Crippen molar-refractivity contribution in [3.05, 3.63) is 65.7 Å². The standard InChI is InChI=1S/C16H11N3O4/c1-17-19-15(22)9-5-6-10(16(19)23)12-8-4-3-7(11(9)12)13(20)18(2)14(8)21/h3-6,17H,1-2H3. The van der Waals surface area contributed by atoms with Crippen molar-refractivity contribution >= 4 is 32.3 Å². The van der Waals surface area contributed by atoms with Crippen LogP contribution in [0.15, 0.2) is 43.4 Å². The van der Waals surface area contributed by atoms with Crippen LogP contribution in [0.4, 0.5) is 0 Å². The summed E-state index contributed by atoms with van der Waals surface area (Å²) < 4.78 is 1.89. The highest BCUT2D eigenvalue weighted by Gasteiger charge is 2.19. The topological polar surface area (TPSA) is 90.2 Å². The van der Waals surface area contributed by atoms with Gasteiger partial charge in [0.1, 0.15) is 0 Å². The largest absolute Gasteiger partial charge is 0.323 e. The summed E-state index contributed by atoms with van der Waals surface area (Å²) in [4.78, 5) is 50.2. The molecule has 7 nitrogen and oxygen atoms in total. The molecule has 6 aromatic rings. The van der Waals surface area contributed by atoms with Gasteiger partial charge < -0.3 is 5.43 Å². The Labute approximate surface area is 127 Å². The summed E-state index contributed by atoms with van der Waals surface area (Å²) in [6.07, 6.45) is 0. The Morgan fingerprint density at radius 2 is 1.04 bits per heavy atom. The molecular weight excluding hydrogens is 298 g/mol. The third-order valence-electron chi connectivity index (χ3n) is 4.32. The maximum atomic E-state index is 12.6. The summed E-state index contributed by atoms with van der Waals surface area (Å²) in [5, 5.41) is 1.65. The molecule has 0 aliphatic carbocycles. The van der Waals surface area contributed by atoms with Crippen LogP contribution < -0.4 is 27.7 Å². The van der Waals surface area contributed by atoms with E-state index in [1.165, 1.54) is 38.4 Å². The van der Waals surface area contributed by atoms with Crippen LogP contribution in [0.1, 0.15) is 0 Å². The number of hydrogen-bond donors (Lipinski definition) is 1. The van der Waals surface area contributed by atoms with Crippen LogP contribution in [-0.2, 0) is 7.05 Å². The molecule has 0 unspecified atom stereocenters. The predicted octanol–water partition coefficient (Wildman–Crippen LogP) is -0.224. The molecule has 0 amide bonds. The maximum Gasteiger partial charge on any atom is 0.280 e. The van der Waals surface area contributed by atoms with E-state index in [0.29, 0.717) is 10.8 Å². The van der Waals surface area contributed by atoms with E-state index in [1.807, 2.05) is 0 Å². The first kappa shape index (κ1) is 13.4. The summed E-state index contributed by atoms with van der Waals surface area (Å²) in [6.45, 7) is 0. The molecule has 0 saturated carbocycles. The van der Waals surface area contributed by atoms with E-state index in [4.69, 9.17) is 0 Å². The summed E-state index contributed by atoms with van der Waals surface area (Å²) >= 11 is 0. The van der Waals surface area contributed by atoms with Gasteiger partial charge in [-0.3, -0.25) is 23.7 Å². The van der Waals surface area contributed by atoms with Crippen molar-refractivity contribution in [2.45, 2.75) is 0 Å². The zero-order valence-electron chi connectivity index (χ0n) is 12.3. The van der Waals surface area contributed by atoms with Crippen molar-refractivity contribution in [1.82, 2.24) is 9.24 Å². The lowest BCUT2D eigenvalue weighted by atomic mass is 10.00. The molecule has 0 atom stereocenters. The number of rotatable bonds is 1. The van der Waals surface area contributed by atoms with Gasteiger partial charge in [0.25, 0.3) is 22.2 Å². The molecular formula is C16H11N3O4. The minimum absolute atomic E-state index is 0.220. The Bertz CT molecular complexity index is 1240. The lowest BCUT2D eigenvalue weighted by Crippen LogP contribution is -2.35. The number of nitrogens with one attached hydrogen (secondary N) is 1. The van der Waals surface area contributed by atoms with Crippen molar-refractivity contribution < 1.29 is 0 Å². The van der Waals surface area contributed by atoms with E-state index < -0.39 is 22.2 Å². The summed E-state index contributed by atoms with van der Waals surface area (Å²) in [6, 6.07) is 6.10. The maximum absolute atomic E-state index is 12.6. The molecule has 1 N–H and O–H groups in total. The lowest BCUT2D eigenvalue weighted by molar-refractivity contribution is 0.846. The number of benzene rings is 2. The number of fused-ring (bicyclic) bond motifs is 6. The second-order valence-corrected chi connectivity index (χ2v) is 5.41. The summed E-state index contributed by atoms with van der Waals surface area (Å²) in [7, 11) is 2.85. The third-order valence-corrected chi connectivity index (χ3v) is 4.32. The molecule has 0 aliphatic heterocycles. The van der Waals surface area contributed by atoms with Gasteiger partial charge in [0.15, 0.2) is 0 Å². The van der Waals surface area contributed by atoms with E-state index in [-0.39, 0.29) is 21.5 Å². The average Bonchev–Trinajstić information content (AvgIpc) is 2.82. The van der Waals surface area contributed by atoms with Gasteiger partial charge in [0.2, 0.25) is 0 Å². The first-order chi connectivity index (χ1) is 11.0. The zero-order chi connectivity index (χ0) is 16.5. The van der Waals surface area contributed by atoms with Gasteiger partial charge in [-0.25, -0.2) is 0 Å². The fourth-order valence-electron chi connectivity index (χ4n) is 3.20. The Kier molecular flexibility index (Phi) is 2.43. The van der Waals surface area contributed by atoms with Gasteiger partial charge in [-0.2, -0.15) is 4.68 Å². The Morgan fingerprint density at radius 1 is 0.696 bits per heavy atom. The van der Waals surface area contributed by atoms with Gasteiger partial charge in [-0.15, -0.1) is 0 Å². The molecule has 114 valence electrons. The minimum atomic E-state index is -0.550. The van der Waals surface area contributed by atoms with E-state index in [0.717, 1.165) is 9.24 Å². The molecule has 0 aliphatic rings. The van der Waals surface area contributed by atoms with Crippen LogP contribution >= 0.6 is 0 Å². The molecule has 0 spiro atoms. The molecule has 4 aromatic heterocycles. The van der Waals surface area contributed by atoms with Crippen molar-refractivity contribution in [3.63, 3.8) is 0 Å². The number of hydrogen-bond acceptors (Lipinski definition) is 5. The zero-order valence-corrected chi connectivity index (χ0v) is 12.3. The van der Waals surface area contributed by atoms with E-state index in [2.05, 4.69) is 5.43 Å². The number of aromatic nitrogens is 2. The molecule has 0 saturated heterocycles. The highest BCUT2D eigenvalue weighted by molar-refractivity contribution is 6.22. The minimum Gasteiger partial charge on any atom is -0.323 e. The van der Waals surface area contributed by atoms with Gasteiger partial charge >= 0.3 is 0 Å². The third kappa shape index (κ3) is 1.43. The summed E-state index contributed by atoms with van der Waals surface area (Å²) in [5.41, 5.74) is 0.478. The van der Waals surface area contributed by atoms with Crippen LogP contribution in [0.3, 0.4) is 0 Å². The molecule has 4 bridgehead atoms. The van der Waals surface area contributed by atoms with Crippen molar-refractivity contribution in [2.24, 2.45) is 7.05 Å². The highest BCUT2D eigenvalue weighted by atomic mass is 16.2. The van der Waals surface area contributed by atoms with Crippen LogP contribution in [0.25, 0.3) is 32.3 Å². The van der Waals surface area contributed by atoms with Crippen LogP contribution in [0.2, 0.25) is 0 Å². The van der Waals surface area contributed by atoms with Gasteiger partial charge in [0, 0.05) is 35.6 Å². The molecule has 0 fully saturated rings. The molecule has 7 heteroatoms. The molecule has 6 rings (SSSR count). The number of nitrogens with zero attached hydrogens (tertiary/aromatic N) is 2. The van der Waals surface area contributed by atoms with E-state index in [1.54, 1.807) is 0 Å². The van der Waals surface area contributed by atoms with Gasteiger partial charge in [-0.05, 0) is 24.3 Å². The fourth-order valence-corrected chi connectivity index (χ4v) is 3.20. The van der Waals surface area contributed by atoms with Crippen LogP contribution in [-0.4, -0.2) is 16.3 Å². The van der Waals surface area contributed by atoms with E-state index in [9.17, 15) is 19.2 Å². The SMILES string of the molecule is CNn1c(=O)c2ccc(c1=O)c1c3ccc(c(=O)n(C)c3=O)c21. The second kappa shape index (κ2) is 4.16. The van der Waals surface area contributed by atoms with Gasteiger partial charge in [-0.1, -0.05) is 0 Å². The van der Waals surface area contributed by atoms with Crippen molar-refractivity contribution in [3.8, 4) is 0 Å². The smallest absolute Gasteiger partial charge is 0.280 e. The quantitative estimate of drug-likeness (QED) is 0.525. The molecule has 4 heterocycles. The van der Waals surface area contributed by atoms with Gasteiger partial charge in [0.05, 0.1) is 10.8 Å². The normalized spacial score (nSPS) is 11.7. The Hall–Kier alpha value is -3.22. The van der Waals surface area contributed by atoms with Crippen LogP contribution in [0.5, 0.6) is 0 Å². The van der Waals surface area contributed by atoms with Crippen LogP contribution in [0, 0.1) is 0 Å². The Morgan fingerprint density at radius 3 is 1.39 bits per heavy atom. The first-order valence-electron chi connectivity index (χ1n) is 6.95. The predicted molar refractivity (Wildman–Crippen MR) is 88.7 cm³/mol. The van der Waals surface area contributed by atoms with Crippen molar-refractivity contribution in [1.29, 1.82) is 0 Å². The average molecular weight is 309 g/mol. The molecule has 0 radical (unpaired) electrons. The fraction of sp³-hybridized carbons (Fsp3) is 0.125. The highest BCUT2D eigenvalue weighted by Crippen LogP contribution is 2.28. The molecule has 2 aromatic carbocycles.